The molecule has 0 aromatic heterocycles. The van der Waals surface area contributed by atoms with Crippen LogP contribution in [0.4, 0.5) is 0 Å². The summed E-state index contributed by atoms with van der Waals surface area (Å²) < 4.78 is 0. The van der Waals surface area contributed by atoms with E-state index in [1.54, 1.807) is 0 Å². The van der Waals surface area contributed by atoms with Gasteiger partial charge in [0.05, 0.1) is 8.07 Å². The second-order valence-corrected chi connectivity index (χ2v) is 21.3. The minimum Gasteiger partial charge on any atom is -0.0717 e. The van der Waals surface area contributed by atoms with Crippen molar-refractivity contribution in [2.45, 2.75) is 103 Å². The van der Waals surface area contributed by atoms with Crippen molar-refractivity contribution in [1.82, 2.24) is 0 Å². The van der Waals surface area contributed by atoms with Gasteiger partial charge in [-0.1, -0.05) is 191 Å². The van der Waals surface area contributed by atoms with Crippen LogP contribution >= 0.6 is 0 Å². The summed E-state index contributed by atoms with van der Waals surface area (Å²) in [5.41, 5.74) is 25.0. The summed E-state index contributed by atoms with van der Waals surface area (Å²) in [4.78, 5) is 0. The van der Waals surface area contributed by atoms with E-state index in [1.165, 1.54) is 105 Å². The van der Waals surface area contributed by atoms with E-state index in [-0.39, 0.29) is 13.4 Å². The number of hydrogen-bond donors (Lipinski definition) is 0. The Morgan fingerprint density at radius 1 is 0.312 bits per heavy atom. The second-order valence-electron chi connectivity index (χ2n) is 16.3. The fraction of sp³-hybridized carbons (Fsp3) is 0.333. The van der Waals surface area contributed by atoms with E-state index in [4.69, 9.17) is 0 Å². The Kier molecular flexibility index (Phi) is 9.97. The molecular weight excluding hydrogens is 590 g/mol. The largest absolute Gasteiger partial charge is 0.242 e. The summed E-state index contributed by atoms with van der Waals surface area (Å²) in [6, 6.07) is 26.9. The molecule has 0 saturated heterocycles. The summed E-state index contributed by atoms with van der Waals surface area (Å²) in [5, 5.41) is 1.53. The Balaban J connectivity index is 1.96. The molecule has 0 N–H and O–H groups in total. The predicted octanol–water partition coefficient (Wildman–Crippen LogP) is 6.97. The average molecular weight is 647 g/mol. The fourth-order valence-corrected chi connectivity index (χ4v) is 10.2. The Labute approximate surface area is 294 Å². The van der Waals surface area contributed by atoms with Crippen molar-refractivity contribution in [3.8, 4) is 0 Å². The zero-order valence-corrected chi connectivity index (χ0v) is 33.5. The van der Waals surface area contributed by atoms with Gasteiger partial charge < -0.3 is 0 Å². The zero-order chi connectivity index (χ0) is 35.4. The molecule has 0 aliphatic carbocycles. The average Bonchev–Trinajstić information content (AvgIpc) is 2.93. The van der Waals surface area contributed by atoms with Crippen LogP contribution in [0.5, 0.6) is 0 Å². The lowest BCUT2D eigenvalue weighted by Gasteiger charge is -2.30. The van der Waals surface area contributed by atoms with Gasteiger partial charge in [0.1, 0.15) is 0 Å². The Morgan fingerprint density at radius 3 is 0.708 bits per heavy atom. The highest BCUT2D eigenvalue weighted by Crippen LogP contribution is 2.16. The van der Waals surface area contributed by atoms with Crippen LogP contribution in [0.1, 0.15) is 66.8 Å². The van der Waals surface area contributed by atoms with Crippen molar-refractivity contribution in [2.24, 2.45) is 0 Å². The van der Waals surface area contributed by atoms with E-state index in [2.05, 4.69) is 169 Å². The first-order chi connectivity index (χ1) is 22.4. The minimum absolute atomic E-state index is 0.141. The third kappa shape index (κ3) is 6.95. The molecule has 5 aromatic rings. The van der Waals surface area contributed by atoms with Crippen LogP contribution in [0.25, 0.3) is 0 Å². The van der Waals surface area contributed by atoms with E-state index in [9.17, 15) is 0 Å². The maximum atomic E-state index is 2.61. The van der Waals surface area contributed by atoms with Gasteiger partial charge in [-0.15, -0.1) is 0 Å². The molecule has 0 nitrogen and oxygen atoms in total. The van der Waals surface area contributed by atoms with Crippen LogP contribution in [0.15, 0.2) is 66.7 Å². The van der Waals surface area contributed by atoms with E-state index >= 15 is 0 Å². The summed E-state index contributed by atoms with van der Waals surface area (Å²) in [7, 11) is -1.74. The standard InChI is InChI=1S/C45H56B2Si/c1-27-16-31(5)42(32(6)17-27)46(43-33(7)18-28(2)19-34(43)8)39-24-40(26-41(25-39)48(13,14)15)47(44-35(9)20-29(3)21-36(44)10)45-37(11)22-30(4)23-38(45)12/h16-26H,1-15H3. The molecule has 0 unspecified atom stereocenters. The second kappa shape index (κ2) is 13.4. The molecule has 3 heteroatoms. The van der Waals surface area contributed by atoms with Crippen molar-refractivity contribution in [2.75, 3.05) is 0 Å². The van der Waals surface area contributed by atoms with E-state index in [0.29, 0.717) is 0 Å². The summed E-state index contributed by atoms with van der Waals surface area (Å²) >= 11 is 0. The van der Waals surface area contributed by atoms with Crippen molar-refractivity contribution < 1.29 is 0 Å². The third-order valence-corrected chi connectivity index (χ3v) is 12.6. The molecule has 0 bridgehead atoms. The van der Waals surface area contributed by atoms with Gasteiger partial charge in [-0.05, 0) is 83.1 Å². The number of hydrogen-bond acceptors (Lipinski definition) is 0. The highest BCUT2D eigenvalue weighted by Gasteiger charge is 2.34. The number of rotatable bonds is 7. The van der Waals surface area contributed by atoms with Gasteiger partial charge in [-0.3, -0.25) is 0 Å². The molecule has 5 rings (SSSR count). The van der Waals surface area contributed by atoms with Crippen molar-refractivity contribution in [3.05, 3.63) is 133 Å². The smallest absolute Gasteiger partial charge is 0.0717 e. The molecule has 0 fully saturated rings. The lowest BCUT2D eigenvalue weighted by Crippen LogP contribution is -2.61. The molecule has 5 aromatic carbocycles. The number of benzene rings is 5. The van der Waals surface area contributed by atoms with E-state index in [1.807, 2.05) is 0 Å². The molecular formula is C45H56B2Si. The molecule has 0 heterocycles. The topological polar surface area (TPSA) is 0 Å². The molecule has 0 aliphatic heterocycles. The first-order valence-electron chi connectivity index (χ1n) is 17.8. The summed E-state index contributed by atoms with van der Waals surface area (Å²) in [5.74, 6) is 0. The first-order valence-corrected chi connectivity index (χ1v) is 21.3. The van der Waals surface area contributed by atoms with Gasteiger partial charge in [0, 0.05) is 0 Å². The van der Waals surface area contributed by atoms with Crippen molar-refractivity contribution >= 4 is 59.5 Å². The van der Waals surface area contributed by atoms with E-state index < -0.39 is 8.07 Å². The highest BCUT2D eigenvalue weighted by atomic mass is 28.3. The quantitative estimate of drug-likeness (QED) is 0.168. The van der Waals surface area contributed by atoms with Crippen LogP contribution in [-0.2, 0) is 0 Å². The number of aryl methyl sites for hydroxylation is 12. The Morgan fingerprint density at radius 2 is 0.521 bits per heavy atom. The Hall–Kier alpha value is -3.55. The van der Waals surface area contributed by atoms with Crippen LogP contribution in [0.3, 0.4) is 0 Å². The molecule has 0 radical (unpaired) electrons. The first kappa shape index (κ1) is 35.7. The van der Waals surface area contributed by atoms with Gasteiger partial charge >= 0.3 is 0 Å². The molecule has 0 aliphatic rings. The molecule has 0 spiro atoms. The maximum absolute atomic E-state index is 2.61. The SMILES string of the molecule is Cc1cc(C)c(B(c2cc(B(c3c(C)cc(C)cc3C)c3c(C)cc(C)cc3C)cc([Si](C)(C)C)c2)c2c(C)cc(C)cc2C)c(C)c1. The lowest BCUT2D eigenvalue weighted by atomic mass is 9.31. The van der Waals surface area contributed by atoms with Crippen LogP contribution in [0, 0.1) is 83.1 Å². The third-order valence-electron chi connectivity index (χ3n) is 10.6. The zero-order valence-electron chi connectivity index (χ0n) is 32.5. The van der Waals surface area contributed by atoms with Crippen LogP contribution < -0.4 is 38.0 Å². The maximum Gasteiger partial charge on any atom is 0.242 e. The van der Waals surface area contributed by atoms with Crippen molar-refractivity contribution in [3.63, 3.8) is 0 Å². The normalized spacial score (nSPS) is 11.6. The molecule has 0 amide bonds. The van der Waals surface area contributed by atoms with Crippen LogP contribution in [-0.4, -0.2) is 21.5 Å². The van der Waals surface area contributed by atoms with Gasteiger partial charge in [0.15, 0.2) is 0 Å². The lowest BCUT2D eigenvalue weighted by molar-refractivity contribution is 1.34. The molecule has 246 valence electrons. The van der Waals surface area contributed by atoms with Gasteiger partial charge in [0.2, 0.25) is 13.4 Å². The molecule has 0 atom stereocenters. The van der Waals surface area contributed by atoms with Gasteiger partial charge in [0.25, 0.3) is 0 Å². The summed E-state index contributed by atoms with van der Waals surface area (Å²) in [6.07, 6.45) is 0. The van der Waals surface area contributed by atoms with Crippen LogP contribution in [0.2, 0.25) is 19.6 Å². The monoisotopic (exact) mass is 646 g/mol. The minimum atomic E-state index is -1.74. The van der Waals surface area contributed by atoms with E-state index in [0.717, 1.165) is 0 Å². The van der Waals surface area contributed by atoms with Gasteiger partial charge in [-0.25, -0.2) is 0 Å². The fourth-order valence-electron chi connectivity index (χ4n) is 8.98. The Bertz CT molecular complexity index is 1700. The molecule has 48 heavy (non-hydrogen) atoms. The highest BCUT2D eigenvalue weighted by molar-refractivity contribution is 7.00. The van der Waals surface area contributed by atoms with Gasteiger partial charge in [-0.2, -0.15) is 0 Å². The summed E-state index contributed by atoms with van der Waals surface area (Å²) in [6.45, 7) is 35.3. The molecule has 0 saturated carbocycles. The van der Waals surface area contributed by atoms with Crippen molar-refractivity contribution in [1.29, 1.82) is 0 Å². The predicted molar refractivity (Wildman–Crippen MR) is 221 cm³/mol.